The van der Waals surface area contributed by atoms with Crippen LogP contribution < -0.4 is 5.32 Å². The minimum absolute atomic E-state index is 0.0733. The van der Waals surface area contributed by atoms with E-state index >= 15 is 0 Å². The van der Waals surface area contributed by atoms with Crippen molar-refractivity contribution in [1.29, 1.82) is 0 Å². The van der Waals surface area contributed by atoms with E-state index in [1.54, 1.807) is 11.8 Å². The number of hydrogen-bond donors (Lipinski definition) is 1. The van der Waals surface area contributed by atoms with E-state index in [9.17, 15) is 4.79 Å². The number of thioether (sulfide) groups is 1. The summed E-state index contributed by atoms with van der Waals surface area (Å²) in [5, 5.41) is 7.58. The van der Waals surface area contributed by atoms with Crippen molar-refractivity contribution in [3.8, 4) is 0 Å². The van der Waals surface area contributed by atoms with E-state index in [-0.39, 0.29) is 5.91 Å². The number of rotatable bonds is 7. The average molecular weight is 387 g/mol. The third kappa shape index (κ3) is 5.13. The van der Waals surface area contributed by atoms with E-state index < -0.39 is 0 Å². The zero-order valence-corrected chi connectivity index (χ0v) is 15.9. The van der Waals surface area contributed by atoms with Crippen LogP contribution in [0.1, 0.15) is 27.4 Å². The smallest absolute Gasteiger partial charge is 0.252 e. The summed E-state index contributed by atoms with van der Waals surface area (Å²) < 4.78 is 5.23. The first kappa shape index (κ1) is 18.5. The molecule has 0 aliphatic heterocycles. The number of nitrogens with zero attached hydrogens (tertiary/aromatic N) is 1. The second-order valence-corrected chi connectivity index (χ2v) is 7.31. The van der Waals surface area contributed by atoms with Crippen LogP contribution in [0.4, 0.5) is 0 Å². The molecule has 3 aromatic rings. The van der Waals surface area contributed by atoms with E-state index in [1.807, 2.05) is 61.5 Å². The molecule has 4 nitrogen and oxygen atoms in total. The second-order valence-electron chi connectivity index (χ2n) is 5.85. The fraction of sp³-hybridized carbons (Fsp3) is 0.200. The molecule has 0 bridgehead atoms. The van der Waals surface area contributed by atoms with Crippen molar-refractivity contribution in [2.45, 2.75) is 24.0 Å². The quantitative estimate of drug-likeness (QED) is 0.586. The number of halogens is 1. The molecular formula is C20H19ClN2O2S. The first-order chi connectivity index (χ1) is 12.6. The molecule has 1 N–H and O–H groups in total. The summed E-state index contributed by atoms with van der Waals surface area (Å²) in [7, 11) is 0. The normalized spacial score (nSPS) is 10.7. The van der Waals surface area contributed by atoms with Gasteiger partial charge in [-0.15, -0.1) is 11.8 Å². The SMILES string of the molecule is Cc1cc(CSc2ccccc2C(=O)NCCc2ccc(Cl)cc2)on1. The van der Waals surface area contributed by atoms with E-state index in [0.717, 1.165) is 28.3 Å². The lowest BCUT2D eigenvalue weighted by Crippen LogP contribution is -2.26. The molecule has 0 aliphatic rings. The van der Waals surface area contributed by atoms with Crippen molar-refractivity contribution in [3.63, 3.8) is 0 Å². The summed E-state index contributed by atoms with van der Waals surface area (Å²) in [6.07, 6.45) is 0.759. The molecule has 6 heteroatoms. The van der Waals surface area contributed by atoms with Crippen molar-refractivity contribution in [2.24, 2.45) is 0 Å². The number of hydrogen-bond acceptors (Lipinski definition) is 4. The lowest BCUT2D eigenvalue weighted by molar-refractivity contribution is 0.0951. The van der Waals surface area contributed by atoms with Crippen molar-refractivity contribution in [3.05, 3.63) is 82.2 Å². The van der Waals surface area contributed by atoms with Crippen LogP contribution in [-0.2, 0) is 12.2 Å². The maximum absolute atomic E-state index is 12.5. The van der Waals surface area contributed by atoms with Gasteiger partial charge in [0, 0.05) is 22.5 Å². The lowest BCUT2D eigenvalue weighted by atomic mass is 10.1. The van der Waals surface area contributed by atoms with E-state index in [0.29, 0.717) is 22.9 Å². The molecule has 26 heavy (non-hydrogen) atoms. The van der Waals surface area contributed by atoms with Gasteiger partial charge < -0.3 is 9.84 Å². The number of carbonyl (C=O) groups excluding carboxylic acids is 1. The van der Waals surface area contributed by atoms with Gasteiger partial charge in [0.1, 0.15) is 5.76 Å². The summed E-state index contributed by atoms with van der Waals surface area (Å²) in [5.74, 6) is 1.36. The maximum Gasteiger partial charge on any atom is 0.252 e. The molecule has 0 fully saturated rings. The monoisotopic (exact) mass is 386 g/mol. The highest BCUT2D eigenvalue weighted by atomic mass is 35.5. The van der Waals surface area contributed by atoms with Gasteiger partial charge in [-0.1, -0.05) is 41.0 Å². The van der Waals surface area contributed by atoms with Crippen molar-refractivity contribution < 1.29 is 9.32 Å². The van der Waals surface area contributed by atoms with Crippen LogP contribution in [0.15, 0.2) is 64.0 Å². The number of benzene rings is 2. The number of amides is 1. The van der Waals surface area contributed by atoms with Crippen LogP contribution in [0.5, 0.6) is 0 Å². The lowest BCUT2D eigenvalue weighted by Gasteiger charge is -2.09. The number of aryl methyl sites for hydroxylation is 1. The Morgan fingerprint density at radius 2 is 1.96 bits per heavy atom. The number of carbonyl (C=O) groups is 1. The van der Waals surface area contributed by atoms with Gasteiger partial charge in [-0.3, -0.25) is 4.79 Å². The minimum Gasteiger partial charge on any atom is -0.360 e. The first-order valence-corrected chi connectivity index (χ1v) is 9.65. The number of nitrogens with one attached hydrogen (secondary N) is 1. The summed E-state index contributed by atoms with van der Waals surface area (Å²) in [4.78, 5) is 13.5. The Morgan fingerprint density at radius 3 is 2.69 bits per heavy atom. The van der Waals surface area contributed by atoms with Crippen molar-refractivity contribution >= 4 is 29.3 Å². The Morgan fingerprint density at radius 1 is 1.19 bits per heavy atom. The molecule has 0 radical (unpaired) electrons. The van der Waals surface area contributed by atoms with Gasteiger partial charge in [0.05, 0.1) is 17.0 Å². The van der Waals surface area contributed by atoms with Gasteiger partial charge in [-0.25, -0.2) is 0 Å². The molecule has 0 unspecified atom stereocenters. The highest BCUT2D eigenvalue weighted by Crippen LogP contribution is 2.26. The highest BCUT2D eigenvalue weighted by molar-refractivity contribution is 7.98. The zero-order valence-electron chi connectivity index (χ0n) is 14.4. The Balaban J connectivity index is 1.57. The molecule has 134 valence electrons. The van der Waals surface area contributed by atoms with Crippen LogP contribution in [-0.4, -0.2) is 17.6 Å². The van der Waals surface area contributed by atoms with Gasteiger partial charge >= 0.3 is 0 Å². The van der Waals surface area contributed by atoms with E-state index in [4.69, 9.17) is 16.1 Å². The van der Waals surface area contributed by atoms with Gasteiger partial charge in [0.25, 0.3) is 5.91 Å². The molecule has 3 rings (SSSR count). The highest BCUT2D eigenvalue weighted by Gasteiger charge is 2.12. The zero-order chi connectivity index (χ0) is 18.4. The molecule has 2 aromatic carbocycles. The summed E-state index contributed by atoms with van der Waals surface area (Å²) in [6.45, 7) is 2.46. The van der Waals surface area contributed by atoms with E-state index in [2.05, 4.69) is 10.5 Å². The standard InChI is InChI=1S/C20H19ClN2O2S/c1-14-12-17(25-23-14)13-26-19-5-3-2-4-18(19)20(24)22-11-10-15-6-8-16(21)9-7-15/h2-9,12H,10-11,13H2,1H3,(H,22,24). The Kier molecular flexibility index (Phi) is 6.36. The summed E-state index contributed by atoms with van der Waals surface area (Å²) in [6, 6.07) is 17.1. The topological polar surface area (TPSA) is 55.1 Å². The van der Waals surface area contributed by atoms with Crippen LogP contribution >= 0.6 is 23.4 Å². The Bertz CT molecular complexity index is 878. The Labute approximate surface area is 161 Å². The van der Waals surface area contributed by atoms with Crippen LogP contribution in [0, 0.1) is 6.92 Å². The molecule has 0 saturated carbocycles. The fourth-order valence-electron chi connectivity index (χ4n) is 2.48. The average Bonchev–Trinajstić information content (AvgIpc) is 3.07. The van der Waals surface area contributed by atoms with Crippen molar-refractivity contribution in [1.82, 2.24) is 10.5 Å². The van der Waals surface area contributed by atoms with Gasteiger partial charge in [-0.05, 0) is 43.2 Å². The predicted molar refractivity (Wildman–Crippen MR) is 105 cm³/mol. The van der Waals surface area contributed by atoms with Gasteiger partial charge in [0.15, 0.2) is 0 Å². The van der Waals surface area contributed by atoms with Gasteiger partial charge in [-0.2, -0.15) is 0 Å². The largest absolute Gasteiger partial charge is 0.360 e. The molecule has 1 heterocycles. The molecule has 0 aliphatic carbocycles. The van der Waals surface area contributed by atoms with Gasteiger partial charge in [0.2, 0.25) is 0 Å². The second kappa shape index (κ2) is 8.92. The molecule has 1 aromatic heterocycles. The molecule has 0 saturated heterocycles. The first-order valence-electron chi connectivity index (χ1n) is 8.28. The van der Waals surface area contributed by atoms with Crippen LogP contribution in [0.2, 0.25) is 5.02 Å². The predicted octanol–water partition coefficient (Wildman–Crippen LogP) is 4.90. The summed E-state index contributed by atoms with van der Waals surface area (Å²) in [5.41, 5.74) is 2.66. The minimum atomic E-state index is -0.0733. The third-order valence-corrected chi connectivity index (χ3v) is 5.14. The van der Waals surface area contributed by atoms with Crippen LogP contribution in [0.3, 0.4) is 0 Å². The Hall–Kier alpha value is -2.24. The number of aromatic nitrogens is 1. The maximum atomic E-state index is 12.5. The fourth-order valence-corrected chi connectivity index (χ4v) is 3.53. The van der Waals surface area contributed by atoms with E-state index in [1.165, 1.54) is 0 Å². The molecular weight excluding hydrogens is 368 g/mol. The third-order valence-electron chi connectivity index (χ3n) is 3.79. The molecule has 0 spiro atoms. The summed E-state index contributed by atoms with van der Waals surface area (Å²) >= 11 is 7.45. The molecule has 0 atom stereocenters. The molecule has 1 amide bonds. The van der Waals surface area contributed by atoms with Crippen molar-refractivity contribution in [2.75, 3.05) is 6.54 Å². The van der Waals surface area contributed by atoms with Crippen LogP contribution in [0.25, 0.3) is 0 Å².